The lowest BCUT2D eigenvalue weighted by molar-refractivity contribution is -0.160. The lowest BCUT2D eigenvalue weighted by Gasteiger charge is -2.55. The summed E-state index contributed by atoms with van der Waals surface area (Å²) in [4.78, 5) is 13.2. The molecule has 0 aromatic heterocycles. The molecule has 4 aliphatic rings. The lowest BCUT2D eigenvalue weighted by atomic mass is 9.55. The summed E-state index contributed by atoms with van der Waals surface area (Å²) in [6, 6.07) is 2.09. The number of hydrogen-bond acceptors (Lipinski definition) is 5. The molecule has 14 heteroatoms. The van der Waals surface area contributed by atoms with Gasteiger partial charge in [0, 0.05) is 11.0 Å². The summed E-state index contributed by atoms with van der Waals surface area (Å²) in [6.07, 6.45) is -3.85. The van der Waals surface area contributed by atoms with Gasteiger partial charge in [0.05, 0.1) is 33.6 Å². The Morgan fingerprint density at radius 3 is 2.00 bits per heavy atom. The molecule has 0 spiro atoms. The minimum atomic E-state index is -4.81. The van der Waals surface area contributed by atoms with Crippen molar-refractivity contribution in [3.8, 4) is 0 Å². The second kappa shape index (κ2) is 9.06. The van der Waals surface area contributed by atoms with Crippen molar-refractivity contribution in [1.82, 2.24) is 5.32 Å². The summed E-state index contributed by atoms with van der Waals surface area (Å²) in [5, 5.41) is 1.65. The maximum atomic E-state index is 14.2. The zero-order chi connectivity index (χ0) is 27.5. The molecule has 3 aliphatic carbocycles. The average Bonchev–Trinajstić information content (AvgIpc) is 2.78. The molecule has 1 aromatic carbocycles. The highest BCUT2D eigenvalue weighted by atomic mass is 32.2. The van der Waals surface area contributed by atoms with Crippen molar-refractivity contribution < 1.29 is 43.6 Å². The standard InChI is InChI=1S/C23H29F5N2O5S2/c1-20(24,25)21-6-9-22(10-7-21,11-8-21)29-19(31)17-3-2-15(23(26,27)28)14-18(17)30-37(34,35)16-4-12-36(32,33)13-5-16/h2-3,14,16,30H,4-13H2,1H3,(H,29,31). The van der Waals surface area contributed by atoms with Crippen LogP contribution in [0.4, 0.5) is 27.6 Å². The van der Waals surface area contributed by atoms with Gasteiger partial charge in [-0.1, -0.05) is 0 Å². The van der Waals surface area contributed by atoms with Crippen molar-refractivity contribution in [2.75, 3.05) is 16.2 Å². The maximum absolute atomic E-state index is 14.2. The van der Waals surface area contributed by atoms with Gasteiger partial charge in [-0.05, 0) is 76.5 Å². The molecular weight excluding hydrogens is 543 g/mol. The number of nitrogens with one attached hydrogen (secondary N) is 2. The molecule has 1 aromatic rings. The summed E-state index contributed by atoms with van der Waals surface area (Å²) in [5.41, 5.74) is -4.02. The second-order valence-corrected chi connectivity index (χ2v) is 14.9. The third-order valence-corrected chi connectivity index (χ3v) is 11.9. The van der Waals surface area contributed by atoms with E-state index in [2.05, 4.69) is 10.0 Å². The molecule has 3 saturated carbocycles. The SMILES string of the molecule is CC(F)(F)C12CCC(NC(=O)c3ccc(C(F)(F)F)cc3NS(=O)(=O)C3CCS(=O)(=O)CC3)(CC1)CC2. The molecule has 0 atom stereocenters. The Labute approximate surface area is 212 Å². The van der Waals surface area contributed by atoms with Crippen LogP contribution in [0, 0.1) is 5.41 Å². The fraction of sp³-hybridized carbons (Fsp3) is 0.696. The highest BCUT2D eigenvalue weighted by molar-refractivity contribution is 7.94. The lowest BCUT2D eigenvalue weighted by Crippen LogP contribution is -2.60. The van der Waals surface area contributed by atoms with Crippen LogP contribution in [0.5, 0.6) is 0 Å². The van der Waals surface area contributed by atoms with Gasteiger partial charge in [0.15, 0.2) is 0 Å². The first kappa shape index (κ1) is 28.1. The van der Waals surface area contributed by atoms with Crippen molar-refractivity contribution in [2.24, 2.45) is 5.41 Å². The van der Waals surface area contributed by atoms with E-state index in [9.17, 15) is 43.6 Å². The Kier molecular flexibility index (Phi) is 6.87. The van der Waals surface area contributed by atoms with Gasteiger partial charge in [-0.25, -0.2) is 25.6 Å². The van der Waals surface area contributed by atoms with E-state index in [-0.39, 0.29) is 68.4 Å². The van der Waals surface area contributed by atoms with Crippen LogP contribution < -0.4 is 10.0 Å². The predicted molar refractivity (Wildman–Crippen MR) is 127 cm³/mol. The van der Waals surface area contributed by atoms with E-state index in [1.54, 1.807) is 0 Å². The smallest absolute Gasteiger partial charge is 0.347 e. The summed E-state index contributed by atoms with van der Waals surface area (Å²) in [6.45, 7) is 0.895. The molecule has 2 N–H and O–H groups in total. The molecule has 2 bridgehead atoms. The van der Waals surface area contributed by atoms with E-state index >= 15 is 0 Å². The summed E-state index contributed by atoms with van der Waals surface area (Å²) >= 11 is 0. The quantitative estimate of drug-likeness (QED) is 0.488. The topological polar surface area (TPSA) is 109 Å². The third-order valence-electron chi connectivity index (χ3n) is 8.34. The molecule has 1 aliphatic heterocycles. The Bertz CT molecular complexity index is 1250. The first-order chi connectivity index (χ1) is 16.9. The van der Waals surface area contributed by atoms with Gasteiger partial charge in [-0.3, -0.25) is 9.52 Å². The van der Waals surface area contributed by atoms with E-state index in [4.69, 9.17) is 0 Å². The zero-order valence-corrected chi connectivity index (χ0v) is 21.8. The number of carbonyl (C=O) groups excluding carboxylic acids is 1. The minimum absolute atomic E-state index is 0.188. The van der Waals surface area contributed by atoms with Gasteiger partial charge < -0.3 is 5.32 Å². The fourth-order valence-electron chi connectivity index (χ4n) is 5.76. The second-order valence-electron chi connectivity index (χ2n) is 10.7. The monoisotopic (exact) mass is 572 g/mol. The van der Waals surface area contributed by atoms with E-state index in [1.807, 2.05) is 0 Å². The minimum Gasteiger partial charge on any atom is -0.347 e. The van der Waals surface area contributed by atoms with Crippen LogP contribution in [0.25, 0.3) is 0 Å². The highest BCUT2D eigenvalue weighted by Gasteiger charge is 2.58. The Hall–Kier alpha value is -1.96. The van der Waals surface area contributed by atoms with E-state index in [0.717, 1.165) is 13.0 Å². The fourth-order valence-corrected chi connectivity index (χ4v) is 9.05. The number of benzene rings is 1. The highest BCUT2D eigenvalue weighted by Crippen LogP contribution is 2.59. The van der Waals surface area contributed by atoms with E-state index < -0.39 is 65.3 Å². The zero-order valence-electron chi connectivity index (χ0n) is 20.1. The third kappa shape index (κ3) is 5.59. The van der Waals surface area contributed by atoms with Crippen LogP contribution in [-0.2, 0) is 26.0 Å². The van der Waals surface area contributed by atoms with Gasteiger partial charge in [-0.15, -0.1) is 0 Å². The number of halogens is 5. The van der Waals surface area contributed by atoms with E-state index in [1.165, 1.54) is 0 Å². The Morgan fingerprint density at radius 1 is 0.973 bits per heavy atom. The van der Waals surface area contributed by atoms with Crippen molar-refractivity contribution in [3.05, 3.63) is 29.3 Å². The molecule has 1 saturated heterocycles. The van der Waals surface area contributed by atoms with Crippen molar-refractivity contribution in [2.45, 2.75) is 81.2 Å². The number of fused-ring (bicyclic) bond motifs is 3. The molecule has 5 rings (SSSR count). The maximum Gasteiger partial charge on any atom is 0.416 e. The van der Waals surface area contributed by atoms with Gasteiger partial charge in [0.1, 0.15) is 9.84 Å². The largest absolute Gasteiger partial charge is 0.416 e. The number of sulfone groups is 1. The number of amides is 1. The van der Waals surface area contributed by atoms with Crippen LogP contribution >= 0.6 is 0 Å². The van der Waals surface area contributed by atoms with Crippen LogP contribution in [-0.4, -0.2) is 51.0 Å². The van der Waals surface area contributed by atoms with Crippen LogP contribution in [0.3, 0.4) is 0 Å². The number of carbonyl (C=O) groups is 1. The van der Waals surface area contributed by atoms with Gasteiger partial charge in [0.2, 0.25) is 10.0 Å². The molecule has 1 heterocycles. The van der Waals surface area contributed by atoms with E-state index in [0.29, 0.717) is 12.1 Å². The number of sulfonamides is 1. The van der Waals surface area contributed by atoms with Crippen molar-refractivity contribution >= 4 is 31.5 Å². The first-order valence-electron chi connectivity index (χ1n) is 12.0. The summed E-state index contributed by atoms with van der Waals surface area (Å²) in [7, 11) is -7.71. The summed E-state index contributed by atoms with van der Waals surface area (Å²) < 4.78 is 120. The number of rotatable bonds is 6. The molecule has 37 heavy (non-hydrogen) atoms. The average molecular weight is 573 g/mol. The molecule has 1 amide bonds. The predicted octanol–water partition coefficient (Wildman–Crippen LogP) is 4.50. The molecule has 208 valence electrons. The molecular formula is C23H29F5N2O5S2. The number of anilines is 1. The van der Waals surface area contributed by atoms with Crippen LogP contribution in [0.15, 0.2) is 18.2 Å². The normalized spacial score (nSPS) is 28.6. The summed E-state index contributed by atoms with van der Waals surface area (Å²) in [5.74, 6) is -4.42. The van der Waals surface area contributed by atoms with Gasteiger partial charge >= 0.3 is 6.18 Å². The van der Waals surface area contributed by atoms with Gasteiger partial charge in [-0.2, -0.15) is 13.2 Å². The van der Waals surface area contributed by atoms with Crippen molar-refractivity contribution in [1.29, 1.82) is 0 Å². The number of hydrogen-bond donors (Lipinski definition) is 2. The molecule has 0 unspecified atom stereocenters. The Morgan fingerprint density at radius 2 is 1.51 bits per heavy atom. The van der Waals surface area contributed by atoms with Crippen LogP contribution in [0.1, 0.15) is 74.2 Å². The van der Waals surface area contributed by atoms with Crippen molar-refractivity contribution in [3.63, 3.8) is 0 Å². The van der Waals surface area contributed by atoms with Gasteiger partial charge in [0.25, 0.3) is 11.8 Å². The molecule has 7 nitrogen and oxygen atoms in total. The molecule has 4 fully saturated rings. The Balaban J connectivity index is 1.59. The van der Waals surface area contributed by atoms with Crippen LogP contribution in [0.2, 0.25) is 0 Å². The first-order valence-corrected chi connectivity index (χ1v) is 15.4. The number of alkyl halides is 5. The molecule has 0 radical (unpaired) electrons.